The summed E-state index contributed by atoms with van der Waals surface area (Å²) in [5, 5.41) is 2.51. The fraction of sp³-hybridized carbons (Fsp3) is 0.0588. The minimum Gasteiger partial charge on any atom is -0.439 e. The third kappa shape index (κ3) is 3.60. The lowest BCUT2D eigenvalue weighted by Crippen LogP contribution is -2.23. The predicted octanol–water partition coefficient (Wildman–Crippen LogP) is 3.55. The number of rotatable bonds is 4. The van der Waals surface area contributed by atoms with E-state index in [4.69, 9.17) is 4.42 Å². The molecule has 0 saturated heterocycles. The van der Waals surface area contributed by atoms with Crippen molar-refractivity contribution in [3.63, 3.8) is 0 Å². The van der Waals surface area contributed by atoms with E-state index in [1.54, 1.807) is 6.20 Å². The van der Waals surface area contributed by atoms with Crippen molar-refractivity contribution in [1.82, 2.24) is 10.3 Å². The molecule has 0 unspecified atom stereocenters. The summed E-state index contributed by atoms with van der Waals surface area (Å²) in [6.45, 7) is 0.0177. The maximum atomic E-state index is 13.1. The fourth-order valence-electron chi connectivity index (χ4n) is 2.07. The molecule has 0 atom stereocenters. The van der Waals surface area contributed by atoms with Gasteiger partial charge in [0.1, 0.15) is 11.6 Å². The molecule has 3 aromatic rings. The Kier molecular flexibility index (Phi) is 4.14. The maximum Gasteiger partial charge on any atom is 0.251 e. The fourth-order valence-corrected chi connectivity index (χ4v) is 2.07. The molecule has 1 amide bonds. The van der Waals surface area contributed by atoms with Crippen LogP contribution in [0.2, 0.25) is 0 Å². The SMILES string of the molecule is O=C(NCc1ncc(-c2ccccc2)o1)c1cc(F)cc(F)c1. The average Bonchev–Trinajstić information content (AvgIpc) is 3.01. The Hall–Kier alpha value is -3.02. The molecule has 0 bridgehead atoms. The first-order valence-corrected chi connectivity index (χ1v) is 6.86. The number of halogens is 2. The summed E-state index contributed by atoms with van der Waals surface area (Å²) in [6.07, 6.45) is 1.55. The van der Waals surface area contributed by atoms with Crippen molar-refractivity contribution in [2.45, 2.75) is 6.54 Å². The third-order valence-corrected chi connectivity index (χ3v) is 3.14. The summed E-state index contributed by atoms with van der Waals surface area (Å²) in [5.41, 5.74) is 0.766. The van der Waals surface area contributed by atoms with Gasteiger partial charge in [-0.05, 0) is 12.1 Å². The smallest absolute Gasteiger partial charge is 0.251 e. The lowest BCUT2D eigenvalue weighted by atomic mass is 10.2. The molecule has 1 aromatic heterocycles. The number of carbonyl (C=O) groups is 1. The van der Waals surface area contributed by atoms with Crippen LogP contribution in [-0.2, 0) is 6.54 Å². The largest absolute Gasteiger partial charge is 0.439 e. The van der Waals surface area contributed by atoms with E-state index in [1.165, 1.54) is 0 Å². The standard InChI is InChI=1S/C17H12F2N2O2/c18-13-6-12(7-14(19)8-13)17(22)21-10-16-20-9-15(23-16)11-4-2-1-3-5-11/h1-9H,10H2,(H,21,22). The van der Waals surface area contributed by atoms with Crippen LogP contribution in [0.3, 0.4) is 0 Å². The number of oxazole rings is 1. The van der Waals surface area contributed by atoms with E-state index in [0.29, 0.717) is 17.7 Å². The van der Waals surface area contributed by atoms with Gasteiger partial charge in [-0.1, -0.05) is 30.3 Å². The van der Waals surface area contributed by atoms with Gasteiger partial charge in [0.2, 0.25) is 5.89 Å². The minimum atomic E-state index is -0.808. The zero-order chi connectivity index (χ0) is 16.2. The first-order chi connectivity index (χ1) is 11.1. The highest BCUT2D eigenvalue weighted by molar-refractivity contribution is 5.94. The van der Waals surface area contributed by atoms with Gasteiger partial charge in [0.25, 0.3) is 5.91 Å². The summed E-state index contributed by atoms with van der Waals surface area (Å²) < 4.78 is 31.7. The molecule has 1 heterocycles. The molecule has 4 nitrogen and oxygen atoms in total. The highest BCUT2D eigenvalue weighted by Gasteiger charge is 2.11. The molecule has 0 spiro atoms. The normalized spacial score (nSPS) is 10.5. The molecule has 2 aromatic carbocycles. The molecular weight excluding hydrogens is 302 g/mol. The van der Waals surface area contributed by atoms with Gasteiger partial charge in [-0.2, -0.15) is 0 Å². The molecule has 6 heteroatoms. The van der Waals surface area contributed by atoms with Crippen molar-refractivity contribution in [1.29, 1.82) is 0 Å². The summed E-state index contributed by atoms with van der Waals surface area (Å²) >= 11 is 0. The Balaban J connectivity index is 1.67. The number of amides is 1. The highest BCUT2D eigenvalue weighted by atomic mass is 19.1. The van der Waals surface area contributed by atoms with Gasteiger partial charge < -0.3 is 9.73 Å². The van der Waals surface area contributed by atoms with Gasteiger partial charge in [-0.25, -0.2) is 13.8 Å². The third-order valence-electron chi connectivity index (χ3n) is 3.14. The number of hydrogen-bond donors (Lipinski definition) is 1. The van der Waals surface area contributed by atoms with Crippen LogP contribution in [0.25, 0.3) is 11.3 Å². The van der Waals surface area contributed by atoms with E-state index in [1.807, 2.05) is 30.3 Å². The monoisotopic (exact) mass is 314 g/mol. The van der Waals surface area contributed by atoms with Gasteiger partial charge in [-0.3, -0.25) is 4.79 Å². The molecule has 3 rings (SSSR count). The van der Waals surface area contributed by atoms with E-state index >= 15 is 0 Å². The quantitative estimate of drug-likeness (QED) is 0.801. The van der Waals surface area contributed by atoms with Crippen molar-refractivity contribution in [2.75, 3.05) is 0 Å². The Morgan fingerprint density at radius 2 is 1.78 bits per heavy atom. The molecule has 0 radical (unpaired) electrons. The van der Waals surface area contributed by atoms with Gasteiger partial charge in [0, 0.05) is 17.2 Å². The summed E-state index contributed by atoms with van der Waals surface area (Å²) in [6, 6.07) is 12.0. The Labute approximate surface area is 130 Å². The minimum absolute atomic E-state index is 0.0177. The molecule has 0 aliphatic carbocycles. The molecule has 23 heavy (non-hydrogen) atoms. The summed E-state index contributed by atoms with van der Waals surface area (Å²) in [5.74, 6) is -1.35. The molecule has 1 N–H and O–H groups in total. The molecule has 0 saturated carbocycles. The van der Waals surface area contributed by atoms with Crippen LogP contribution in [-0.4, -0.2) is 10.9 Å². The Bertz CT molecular complexity index is 811. The van der Waals surface area contributed by atoms with Gasteiger partial charge in [0.15, 0.2) is 5.76 Å². The van der Waals surface area contributed by atoms with Gasteiger partial charge in [-0.15, -0.1) is 0 Å². The van der Waals surface area contributed by atoms with Crippen molar-refractivity contribution in [3.05, 3.63) is 77.8 Å². The first kappa shape index (κ1) is 14.9. The van der Waals surface area contributed by atoms with Crippen molar-refractivity contribution < 1.29 is 18.0 Å². The first-order valence-electron chi connectivity index (χ1n) is 6.86. The summed E-state index contributed by atoms with van der Waals surface area (Å²) in [7, 11) is 0. The number of aromatic nitrogens is 1. The number of nitrogens with one attached hydrogen (secondary N) is 1. The van der Waals surface area contributed by atoms with Crippen LogP contribution in [0.1, 0.15) is 16.2 Å². The number of benzene rings is 2. The molecular formula is C17H12F2N2O2. The number of carbonyl (C=O) groups excluding carboxylic acids is 1. The van der Waals surface area contributed by atoms with Crippen LogP contribution in [0.15, 0.2) is 59.1 Å². The van der Waals surface area contributed by atoms with Crippen LogP contribution in [0, 0.1) is 11.6 Å². The second kappa shape index (κ2) is 6.39. The van der Waals surface area contributed by atoms with Gasteiger partial charge >= 0.3 is 0 Å². The summed E-state index contributed by atoms with van der Waals surface area (Å²) in [4.78, 5) is 15.9. The number of hydrogen-bond acceptors (Lipinski definition) is 3. The second-order valence-electron chi connectivity index (χ2n) is 4.83. The van der Waals surface area contributed by atoms with Crippen molar-refractivity contribution in [2.24, 2.45) is 0 Å². The van der Waals surface area contributed by atoms with E-state index < -0.39 is 17.5 Å². The average molecular weight is 314 g/mol. The molecule has 0 fully saturated rings. The highest BCUT2D eigenvalue weighted by Crippen LogP contribution is 2.19. The van der Waals surface area contributed by atoms with E-state index in [9.17, 15) is 13.6 Å². The van der Waals surface area contributed by atoms with E-state index in [0.717, 1.165) is 17.7 Å². The molecule has 116 valence electrons. The van der Waals surface area contributed by atoms with Crippen molar-refractivity contribution >= 4 is 5.91 Å². The van der Waals surface area contributed by atoms with E-state index in [2.05, 4.69) is 10.3 Å². The zero-order valence-electron chi connectivity index (χ0n) is 11.9. The molecule has 0 aliphatic rings. The van der Waals surface area contributed by atoms with E-state index in [-0.39, 0.29) is 12.1 Å². The zero-order valence-corrected chi connectivity index (χ0v) is 11.9. The van der Waals surface area contributed by atoms with Crippen LogP contribution >= 0.6 is 0 Å². The van der Waals surface area contributed by atoms with Gasteiger partial charge in [0.05, 0.1) is 12.7 Å². The van der Waals surface area contributed by atoms with Crippen LogP contribution in [0.5, 0.6) is 0 Å². The molecule has 0 aliphatic heterocycles. The Morgan fingerprint density at radius 1 is 1.09 bits per heavy atom. The van der Waals surface area contributed by atoms with Crippen LogP contribution < -0.4 is 5.32 Å². The maximum absolute atomic E-state index is 13.1. The predicted molar refractivity (Wildman–Crippen MR) is 79.5 cm³/mol. The second-order valence-corrected chi connectivity index (χ2v) is 4.83. The lowest BCUT2D eigenvalue weighted by Gasteiger charge is -2.03. The van der Waals surface area contributed by atoms with Crippen LogP contribution in [0.4, 0.5) is 8.78 Å². The van der Waals surface area contributed by atoms with Crippen molar-refractivity contribution in [3.8, 4) is 11.3 Å². The topological polar surface area (TPSA) is 55.1 Å². The number of nitrogens with zero attached hydrogens (tertiary/aromatic N) is 1. The Morgan fingerprint density at radius 3 is 2.48 bits per heavy atom. The lowest BCUT2D eigenvalue weighted by molar-refractivity contribution is 0.0946.